The molecule has 1 aliphatic carbocycles. The summed E-state index contributed by atoms with van der Waals surface area (Å²) in [5.74, 6) is -6.92. The second kappa shape index (κ2) is 15.6. The van der Waals surface area contributed by atoms with Crippen LogP contribution >= 0.6 is 0 Å². The molecule has 1 aromatic carbocycles. The summed E-state index contributed by atoms with van der Waals surface area (Å²) in [6, 6.07) is 0. The number of hydrogen-bond donors (Lipinski definition) is 4. The van der Waals surface area contributed by atoms with Crippen LogP contribution in [0, 0.1) is 35.8 Å². The van der Waals surface area contributed by atoms with E-state index >= 15 is 0 Å². The van der Waals surface area contributed by atoms with Crippen molar-refractivity contribution in [2.24, 2.45) is 23.7 Å². The van der Waals surface area contributed by atoms with Gasteiger partial charge in [0.15, 0.2) is 5.70 Å². The fourth-order valence-electron chi connectivity index (χ4n) is 6.68. The molecule has 2 radical (unpaired) electrons. The first-order chi connectivity index (χ1) is 23.0. The molecule has 1 aromatic rings. The summed E-state index contributed by atoms with van der Waals surface area (Å²) >= 11 is -1.17. The number of nitrogens with one attached hydrogen (secondary N) is 1. The van der Waals surface area contributed by atoms with Gasteiger partial charge in [-0.1, -0.05) is 0 Å². The number of aliphatic hydroxyl groups excluding tert-OH is 2. The van der Waals surface area contributed by atoms with Crippen LogP contribution in [0.2, 0.25) is 0 Å². The first kappa shape index (κ1) is 38.9. The van der Waals surface area contributed by atoms with Crippen LogP contribution in [0.25, 0.3) is 0 Å². The maximum atomic E-state index is 13.9. The Balaban J connectivity index is 1.82. The van der Waals surface area contributed by atoms with E-state index in [1.807, 2.05) is 13.8 Å². The first-order valence-electron chi connectivity index (χ1n) is 16.0. The number of carbonyl (C=O) groups is 3. The number of phenols is 1. The van der Waals surface area contributed by atoms with E-state index in [9.17, 15) is 34.9 Å². The van der Waals surface area contributed by atoms with Crippen LogP contribution in [0.4, 0.5) is 0 Å². The Labute approximate surface area is 298 Å². The number of methoxy groups -OCH3 is 1. The summed E-state index contributed by atoms with van der Waals surface area (Å²) in [5.41, 5.74) is 5.08. The second-order valence-corrected chi connectivity index (χ2v) is 14.3. The Bertz CT molecular complexity index is 1610. The summed E-state index contributed by atoms with van der Waals surface area (Å²) in [6.45, 7) is 11.5. The number of allylic oxidation sites excluding steroid dienone is 4. The molecule has 5 bridgehead atoms. The molecular weight excluding hydrogens is 748 g/mol. The van der Waals surface area contributed by atoms with Gasteiger partial charge in [-0.25, -0.2) is 0 Å². The molecule has 0 spiro atoms. The number of carbonyl (C=O) groups excluding carboxylic acids is 3. The van der Waals surface area contributed by atoms with Crippen molar-refractivity contribution in [2.45, 2.75) is 78.7 Å². The molecule has 0 fully saturated rings. The molecule has 4 aliphatic rings. The Morgan fingerprint density at radius 3 is 2.33 bits per heavy atom. The molecule has 3 heterocycles. The first-order valence-corrected chi connectivity index (χ1v) is 18.2. The van der Waals surface area contributed by atoms with Gasteiger partial charge >= 0.3 is 257 Å². The van der Waals surface area contributed by atoms with Gasteiger partial charge in [0, 0.05) is 0 Å². The van der Waals surface area contributed by atoms with Gasteiger partial charge < -0.3 is 15.4 Å². The van der Waals surface area contributed by atoms with Gasteiger partial charge in [0.25, 0.3) is 5.78 Å². The van der Waals surface area contributed by atoms with Gasteiger partial charge in [-0.05, 0) is 0 Å². The molecule has 5 rings (SSSR count). The van der Waals surface area contributed by atoms with E-state index < -0.39 is 103 Å². The number of aromatic hydroxyl groups is 1. The van der Waals surface area contributed by atoms with Crippen molar-refractivity contribution in [1.29, 1.82) is 0 Å². The number of phenolic OH excluding ortho intramolecular Hbond substituents is 1. The van der Waals surface area contributed by atoms with Crippen LogP contribution in [0.1, 0.15) is 78.2 Å². The molecule has 4 N–H and O–H groups in total. The number of Topliss-reactive ketones (excluding diaryl/α,β-unsaturated/α-hetero) is 2. The molecule has 0 amide bonds. The zero-order chi connectivity index (χ0) is 36.5. The molecular formula is C35H44BINO11-. The summed E-state index contributed by atoms with van der Waals surface area (Å²) in [5, 5.41) is 46.3. The predicted molar refractivity (Wildman–Crippen MR) is 175 cm³/mol. The number of quaternary nitrogens is 1. The number of ether oxygens (including phenoxy) is 3. The van der Waals surface area contributed by atoms with Crippen molar-refractivity contribution in [1.82, 2.24) is 0 Å². The summed E-state index contributed by atoms with van der Waals surface area (Å²) in [7, 11) is 1.48. The zero-order valence-corrected chi connectivity index (χ0v) is 31.0. The van der Waals surface area contributed by atoms with Crippen LogP contribution in [-0.2, 0) is 12.5 Å². The normalized spacial score (nSPS) is 36.1. The minimum absolute atomic E-state index is 0.0338. The fraction of sp³-hybridized carbons (Fsp3) is 0.514. The molecule has 3 aliphatic heterocycles. The Hall–Kier alpha value is -2.86. The number of fused-ring (bicyclic) bond motifs is 14. The van der Waals surface area contributed by atoms with Crippen LogP contribution in [0.3, 0.4) is 0 Å². The third kappa shape index (κ3) is 7.46. The van der Waals surface area contributed by atoms with Gasteiger partial charge in [-0.2, -0.15) is 0 Å². The van der Waals surface area contributed by atoms with Crippen molar-refractivity contribution in [2.75, 3.05) is 13.7 Å². The number of hydroxylamine groups is 2. The molecule has 266 valence electrons. The second-order valence-electron chi connectivity index (χ2n) is 13.3. The Morgan fingerprint density at radius 2 is 1.69 bits per heavy atom. The summed E-state index contributed by atoms with van der Waals surface area (Å²) in [4.78, 5) is 41.1. The van der Waals surface area contributed by atoms with Crippen LogP contribution in [0.15, 0.2) is 47.9 Å². The number of ketones is 3. The van der Waals surface area contributed by atoms with Crippen molar-refractivity contribution >= 4 is 23.1 Å². The van der Waals surface area contributed by atoms with E-state index in [4.69, 9.17) is 23.0 Å². The summed E-state index contributed by atoms with van der Waals surface area (Å²) in [6.07, 6.45) is 5.60. The number of aliphatic hydroxyl groups is 2. The average molecular weight is 792 g/mol. The minimum atomic E-state index is -1.98. The van der Waals surface area contributed by atoms with Crippen molar-refractivity contribution in [3.8, 4) is 11.5 Å². The fourth-order valence-corrected chi connectivity index (χ4v) is 7.95. The molecule has 0 aromatic heterocycles. The van der Waals surface area contributed by atoms with E-state index in [0.717, 1.165) is 6.08 Å². The Morgan fingerprint density at radius 1 is 1.02 bits per heavy atom. The van der Waals surface area contributed by atoms with Gasteiger partial charge in [0.1, 0.15) is 0 Å². The standard InChI is InChI=1S/C35H44BINO11/c1-16-10-9-11-17(2)28(40)19(4)29(41)20(5)32(49-37-36)18(3)24(46-8)12-13-47-35(7)34(44)27-25-23(39)14-22(38(45)15-16)31(43)26(25)30(42)21(6)33(27)48-35/h9-14,17-20,24,28-29,32,38,40-42H,15H2,1-8H3/q-1/b11-9+,13-12?,16-10-. The van der Waals surface area contributed by atoms with Crippen LogP contribution in [-0.4, -0.2) is 82.2 Å². The van der Waals surface area contributed by atoms with Gasteiger partial charge in [-0.15, -0.1) is 0 Å². The number of benzene rings is 1. The maximum absolute atomic E-state index is 13.9. The van der Waals surface area contributed by atoms with Gasteiger partial charge in [0.05, 0.1) is 6.08 Å². The number of rotatable bonds is 3. The number of hydrogen-bond acceptors (Lipinski definition) is 11. The van der Waals surface area contributed by atoms with Gasteiger partial charge in [0.2, 0.25) is 0 Å². The SMILES string of the molecule is [B][I-]OC1C(C)C(OC)C=COC2(C)Oc3c(C)c(O)c4c(c3C2=O)C(=O)C=C(C4=O)[NH+]([O-])C/C(C)=C\C=C\C(C)C(O)C(C)C(O)C1C. The van der Waals surface area contributed by atoms with E-state index in [1.165, 1.54) is 27.2 Å². The van der Waals surface area contributed by atoms with E-state index in [-0.39, 0.29) is 40.8 Å². The van der Waals surface area contributed by atoms with Crippen LogP contribution in [0.5, 0.6) is 11.5 Å². The molecule has 49 heavy (non-hydrogen) atoms. The van der Waals surface area contributed by atoms with Gasteiger partial charge in [-0.3, -0.25) is 9.59 Å². The van der Waals surface area contributed by atoms with Crippen molar-refractivity contribution in [3.05, 3.63) is 75.4 Å². The third-order valence-electron chi connectivity index (χ3n) is 9.82. The monoisotopic (exact) mass is 792 g/mol. The molecule has 12 nitrogen and oxygen atoms in total. The van der Waals surface area contributed by atoms with Crippen molar-refractivity contribution < 1.29 is 73.4 Å². The Kier molecular flexibility index (Phi) is 12.4. The molecule has 14 heteroatoms. The summed E-state index contributed by atoms with van der Waals surface area (Å²) < 4.78 is 23.5. The van der Waals surface area contributed by atoms with E-state index in [2.05, 4.69) is 0 Å². The zero-order valence-electron chi connectivity index (χ0n) is 28.9. The van der Waals surface area contributed by atoms with E-state index in [1.54, 1.807) is 45.1 Å². The number of halogens is 1. The molecule has 0 saturated carbocycles. The topological polar surface area (TPSA) is 176 Å². The molecule has 10 unspecified atom stereocenters. The third-order valence-corrected chi connectivity index (χ3v) is 10.7. The predicted octanol–water partition coefficient (Wildman–Crippen LogP) is -0.562. The average Bonchev–Trinajstić information content (AvgIpc) is 3.32. The van der Waals surface area contributed by atoms with Crippen molar-refractivity contribution in [3.63, 3.8) is 0 Å². The quantitative estimate of drug-likeness (QED) is 0.176. The molecule has 0 saturated heterocycles. The van der Waals surface area contributed by atoms with E-state index in [0.29, 0.717) is 5.57 Å². The van der Waals surface area contributed by atoms with Crippen LogP contribution < -0.4 is 31.2 Å². The molecule has 10 atom stereocenters.